The fourth-order valence-electron chi connectivity index (χ4n) is 7.22. The number of benzene rings is 1. The monoisotopic (exact) mass is 600 g/mol. The van der Waals surface area contributed by atoms with Crippen LogP contribution in [0, 0.1) is 23.7 Å². The summed E-state index contributed by atoms with van der Waals surface area (Å²) in [4.78, 5) is 0.390. The molecule has 0 radical (unpaired) electrons. The molecule has 3 saturated heterocycles. The van der Waals surface area contributed by atoms with Crippen molar-refractivity contribution in [3.05, 3.63) is 54.6 Å². The van der Waals surface area contributed by atoms with Gasteiger partial charge in [0.1, 0.15) is 0 Å². The summed E-state index contributed by atoms with van der Waals surface area (Å²) in [7, 11) is -3.44. The Bertz CT molecular complexity index is 1130. The molecule has 3 aliphatic heterocycles. The second kappa shape index (κ2) is 15.0. The summed E-state index contributed by atoms with van der Waals surface area (Å²) < 4.78 is 46.9. The summed E-state index contributed by atoms with van der Waals surface area (Å²) in [5, 5.41) is 0. The molecular weight excluding hydrogens is 544 g/mol. The van der Waals surface area contributed by atoms with E-state index in [2.05, 4.69) is 47.8 Å². The topological polar surface area (TPSA) is 61.8 Å². The highest BCUT2D eigenvalue weighted by atomic mass is 32.2. The molecule has 0 saturated carbocycles. The number of ether oxygens (including phenoxy) is 3. The number of rotatable bonds is 14. The molecule has 3 fully saturated rings. The second-order valence-corrected chi connectivity index (χ2v) is 15.6. The third-order valence-corrected chi connectivity index (χ3v) is 12.1. The summed E-state index contributed by atoms with van der Waals surface area (Å²) in [5.74, 6) is 1.03. The van der Waals surface area contributed by atoms with Crippen LogP contribution in [0.5, 0.6) is 0 Å². The quantitative estimate of drug-likeness (QED) is 0.201. The molecule has 3 heterocycles. The molecule has 0 aromatic heterocycles. The molecule has 0 bridgehead atoms. The highest BCUT2D eigenvalue weighted by Gasteiger charge is 2.46. The third kappa shape index (κ3) is 8.37. The van der Waals surface area contributed by atoms with Gasteiger partial charge in [0.25, 0.3) is 0 Å². The normalized spacial score (nSPS) is 34.6. The SMILES string of the molecule is C=C1C[C@H](CCCC)OC1CC[C@H]1C[C@@H](C)C(=C)[C@@H](CC2O[C@H](C[C@H](C)CC)[C@H](C)[C@H]2CS(=O)(=O)c2ccccc2)O1. The van der Waals surface area contributed by atoms with E-state index < -0.39 is 9.84 Å². The molecule has 10 atom stereocenters. The predicted octanol–water partition coefficient (Wildman–Crippen LogP) is 8.34. The van der Waals surface area contributed by atoms with Gasteiger partial charge in [0.05, 0.1) is 47.3 Å². The van der Waals surface area contributed by atoms with Gasteiger partial charge in [-0.05, 0) is 79.6 Å². The number of sulfone groups is 1. The van der Waals surface area contributed by atoms with Crippen LogP contribution in [0.2, 0.25) is 0 Å². The van der Waals surface area contributed by atoms with E-state index in [9.17, 15) is 8.42 Å². The van der Waals surface area contributed by atoms with E-state index in [4.69, 9.17) is 14.2 Å². The van der Waals surface area contributed by atoms with E-state index in [1.165, 1.54) is 18.4 Å². The smallest absolute Gasteiger partial charge is 0.178 e. The Kier molecular flexibility index (Phi) is 11.9. The molecule has 0 spiro atoms. The Morgan fingerprint density at radius 2 is 1.64 bits per heavy atom. The van der Waals surface area contributed by atoms with Crippen LogP contribution in [-0.4, -0.2) is 50.8 Å². The van der Waals surface area contributed by atoms with Crippen molar-refractivity contribution in [2.45, 2.75) is 140 Å². The van der Waals surface area contributed by atoms with Crippen molar-refractivity contribution >= 4 is 9.84 Å². The molecule has 236 valence electrons. The third-order valence-electron chi connectivity index (χ3n) is 10.3. The van der Waals surface area contributed by atoms with Gasteiger partial charge < -0.3 is 14.2 Å². The van der Waals surface area contributed by atoms with Crippen LogP contribution < -0.4 is 0 Å². The minimum Gasteiger partial charge on any atom is -0.374 e. The molecular formula is C36H56O5S. The van der Waals surface area contributed by atoms with Gasteiger partial charge in [0.15, 0.2) is 9.84 Å². The van der Waals surface area contributed by atoms with Crippen molar-refractivity contribution in [3.63, 3.8) is 0 Å². The van der Waals surface area contributed by atoms with Crippen LogP contribution in [0.3, 0.4) is 0 Å². The van der Waals surface area contributed by atoms with Crippen molar-refractivity contribution in [2.24, 2.45) is 23.7 Å². The Balaban J connectivity index is 1.43. The molecule has 1 aromatic carbocycles. The Hall–Kier alpha value is -1.47. The Labute approximate surface area is 256 Å². The second-order valence-electron chi connectivity index (χ2n) is 13.6. The molecule has 3 aliphatic rings. The van der Waals surface area contributed by atoms with Crippen LogP contribution in [0.4, 0.5) is 0 Å². The number of unbranched alkanes of at least 4 members (excludes halogenated alkanes) is 1. The van der Waals surface area contributed by atoms with E-state index in [0.717, 1.165) is 50.5 Å². The van der Waals surface area contributed by atoms with Crippen LogP contribution in [-0.2, 0) is 24.0 Å². The van der Waals surface area contributed by atoms with Crippen LogP contribution >= 0.6 is 0 Å². The van der Waals surface area contributed by atoms with Gasteiger partial charge in [-0.15, -0.1) is 0 Å². The van der Waals surface area contributed by atoms with Crippen LogP contribution in [0.1, 0.15) is 98.8 Å². The summed E-state index contributed by atoms with van der Waals surface area (Å²) in [6.07, 6.45) is 10.3. The largest absolute Gasteiger partial charge is 0.374 e. The highest BCUT2D eigenvalue weighted by Crippen LogP contribution is 2.43. The standard InChI is InChI=1S/C36H56O5S/c1-8-10-14-29-21-26(5)33(39-29)18-17-30-20-25(4)27(6)35(40-30)22-36-32(28(7)34(41-36)19-24(3)9-2)23-42(37,38)31-15-12-11-13-16-31/h11-13,15-16,24-25,28-30,32-36H,5-6,8-10,14,17-23H2,1-4,7H3/t24-,25-,28-,29+,30+,32-,33?,34-,35-,36?/m1/s1. The lowest BCUT2D eigenvalue weighted by atomic mass is 9.81. The molecule has 5 nitrogen and oxygen atoms in total. The van der Waals surface area contributed by atoms with E-state index in [0.29, 0.717) is 29.3 Å². The zero-order valence-corrected chi connectivity index (χ0v) is 27.6. The number of hydrogen-bond acceptors (Lipinski definition) is 5. The lowest BCUT2D eigenvalue weighted by molar-refractivity contribution is -0.0737. The van der Waals surface area contributed by atoms with E-state index in [1.807, 2.05) is 6.07 Å². The van der Waals surface area contributed by atoms with Gasteiger partial charge >= 0.3 is 0 Å². The summed E-state index contributed by atoms with van der Waals surface area (Å²) in [6, 6.07) is 8.85. The molecule has 1 aromatic rings. The van der Waals surface area contributed by atoms with E-state index >= 15 is 0 Å². The van der Waals surface area contributed by atoms with Gasteiger partial charge in [-0.25, -0.2) is 8.42 Å². The summed E-state index contributed by atoms with van der Waals surface area (Å²) >= 11 is 0. The fraction of sp³-hybridized carbons (Fsp3) is 0.722. The predicted molar refractivity (Wildman–Crippen MR) is 171 cm³/mol. The van der Waals surface area contributed by atoms with Gasteiger partial charge in [-0.3, -0.25) is 0 Å². The molecule has 2 unspecified atom stereocenters. The highest BCUT2D eigenvalue weighted by molar-refractivity contribution is 7.91. The molecule has 42 heavy (non-hydrogen) atoms. The first-order chi connectivity index (χ1) is 20.0. The lowest BCUT2D eigenvalue weighted by Gasteiger charge is -2.38. The minimum absolute atomic E-state index is 0.0529. The maximum absolute atomic E-state index is 13.5. The van der Waals surface area contributed by atoms with Gasteiger partial charge in [-0.1, -0.05) is 85.2 Å². The van der Waals surface area contributed by atoms with Gasteiger partial charge in [0.2, 0.25) is 0 Å². The first-order valence-corrected chi connectivity index (χ1v) is 18.3. The van der Waals surface area contributed by atoms with E-state index in [1.54, 1.807) is 24.3 Å². The van der Waals surface area contributed by atoms with Crippen LogP contribution in [0.25, 0.3) is 0 Å². The molecule has 0 aliphatic carbocycles. The molecule has 0 amide bonds. The van der Waals surface area contributed by atoms with Crippen molar-refractivity contribution in [1.29, 1.82) is 0 Å². The average molecular weight is 601 g/mol. The first-order valence-electron chi connectivity index (χ1n) is 16.6. The lowest BCUT2D eigenvalue weighted by Crippen LogP contribution is -2.38. The van der Waals surface area contributed by atoms with Gasteiger partial charge in [0, 0.05) is 12.3 Å². The Morgan fingerprint density at radius 1 is 0.929 bits per heavy atom. The summed E-state index contributed by atoms with van der Waals surface area (Å²) in [5.41, 5.74) is 2.34. The molecule has 0 N–H and O–H groups in total. The zero-order chi connectivity index (χ0) is 30.4. The van der Waals surface area contributed by atoms with Gasteiger partial charge in [-0.2, -0.15) is 0 Å². The average Bonchev–Trinajstić information content (AvgIpc) is 3.46. The minimum atomic E-state index is -3.44. The van der Waals surface area contributed by atoms with E-state index in [-0.39, 0.29) is 48.1 Å². The molecule has 6 heteroatoms. The molecule has 4 rings (SSSR count). The number of hydrogen-bond donors (Lipinski definition) is 0. The van der Waals surface area contributed by atoms with Crippen molar-refractivity contribution < 1.29 is 22.6 Å². The zero-order valence-electron chi connectivity index (χ0n) is 26.8. The van der Waals surface area contributed by atoms with Crippen molar-refractivity contribution in [3.8, 4) is 0 Å². The first kappa shape index (κ1) is 33.4. The Morgan fingerprint density at radius 3 is 2.33 bits per heavy atom. The maximum Gasteiger partial charge on any atom is 0.178 e. The maximum atomic E-state index is 13.5. The van der Waals surface area contributed by atoms with Crippen LogP contribution in [0.15, 0.2) is 59.5 Å². The van der Waals surface area contributed by atoms with Crippen molar-refractivity contribution in [1.82, 2.24) is 0 Å². The summed E-state index contributed by atoms with van der Waals surface area (Å²) in [6.45, 7) is 19.9. The fourth-order valence-corrected chi connectivity index (χ4v) is 9.01. The van der Waals surface area contributed by atoms with Crippen molar-refractivity contribution in [2.75, 3.05) is 5.75 Å².